The molecule has 0 spiro atoms. The first kappa shape index (κ1) is 19.5. The van der Waals surface area contributed by atoms with Crippen molar-refractivity contribution in [1.82, 2.24) is 0 Å². The second-order valence-electron chi connectivity index (χ2n) is 9.45. The van der Waals surface area contributed by atoms with Crippen LogP contribution in [-0.4, -0.2) is 0 Å². The van der Waals surface area contributed by atoms with Gasteiger partial charge in [-0.1, -0.05) is 64.5 Å². The molecular formula is C25H37N. The molecule has 0 aliphatic heterocycles. The summed E-state index contributed by atoms with van der Waals surface area (Å²) in [5.41, 5.74) is 3.30. The molecule has 2 saturated carbocycles. The van der Waals surface area contributed by atoms with E-state index in [2.05, 4.69) is 32.0 Å². The Kier molecular flexibility index (Phi) is 6.44. The van der Waals surface area contributed by atoms with E-state index in [0.717, 1.165) is 11.5 Å². The molecule has 26 heavy (non-hydrogen) atoms. The van der Waals surface area contributed by atoms with E-state index >= 15 is 0 Å². The van der Waals surface area contributed by atoms with Crippen LogP contribution >= 0.6 is 0 Å². The summed E-state index contributed by atoms with van der Waals surface area (Å²) < 4.78 is 0. The maximum atomic E-state index is 9.15. The summed E-state index contributed by atoms with van der Waals surface area (Å²) in [6.45, 7) is 4.86. The van der Waals surface area contributed by atoms with Crippen molar-refractivity contribution >= 4 is 0 Å². The van der Waals surface area contributed by atoms with Crippen molar-refractivity contribution in [3.05, 3.63) is 35.4 Å². The summed E-state index contributed by atoms with van der Waals surface area (Å²) in [4.78, 5) is 0. The van der Waals surface area contributed by atoms with E-state index < -0.39 is 0 Å². The third-order valence-electron chi connectivity index (χ3n) is 7.69. The predicted octanol–water partition coefficient (Wildman–Crippen LogP) is 7.54. The van der Waals surface area contributed by atoms with Crippen LogP contribution in [0.1, 0.15) is 108 Å². The van der Waals surface area contributed by atoms with E-state index in [1.165, 1.54) is 89.0 Å². The smallest absolute Gasteiger partial charge is 0.0991 e. The molecular weight excluding hydrogens is 314 g/mol. The lowest BCUT2D eigenvalue weighted by molar-refractivity contribution is 0.0818. The van der Waals surface area contributed by atoms with Crippen LogP contribution in [0.15, 0.2) is 24.3 Å². The predicted molar refractivity (Wildman–Crippen MR) is 110 cm³/mol. The molecule has 2 aliphatic rings. The minimum Gasteiger partial charge on any atom is -0.192 e. The van der Waals surface area contributed by atoms with Crippen molar-refractivity contribution in [3.8, 4) is 6.07 Å². The van der Waals surface area contributed by atoms with Gasteiger partial charge in [0.15, 0.2) is 0 Å². The van der Waals surface area contributed by atoms with Crippen molar-refractivity contribution in [3.63, 3.8) is 0 Å². The van der Waals surface area contributed by atoms with Gasteiger partial charge in [0.1, 0.15) is 0 Å². The Bertz CT molecular complexity index is 592. The molecule has 1 heteroatoms. The average Bonchev–Trinajstić information content (AvgIpc) is 2.69. The van der Waals surface area contributed by atoms with Crippen LogP contribution in [0.5, 0.6) is 0 Å². The molecule has 142 valence electrons. The fraction of sp³-hybridized carbons (Fsp3) is 0.720. The first-order valence-corrected chi connectivity index (χ1v) is 11.1. The highest BCUT2D eigenvalue weighted by atomic mass is 14.5. The topological polar surface area (TPSA) is 23.8 Å². The molecule has 1 aromatic rings. The lowest BCUT2D eigenvalue weighted by Crippen LogP contribution is -2.41. The lowest BCUT2D eigenvalue weighted by Gasteiger charge is -2.49. The van der Waals surface area contributed by atoms with Crippen LogP contribution in [0, 0.1) is 22.7 Å². The van der Waals surface area contributed by atoms with Crippen LogP contribution in [0.3, 0.4) is 0 Å². The van der Waals surface area contributed by atoms with Crippen molar-refractivity contribution < 1.29 is 0 Å². The molecule has 1 nitrogen and oxygen atoms in total. The SMILES string of the molecule is CCCCCC1(C)CCC(C2(c3ccc(C#N)cc3)CCCCC2)CC1. The molecule has 3 rings (SSSR count). The second-order valence-corrected chi connectivity index (χ2v) is 9.45. The maximum Gasteiger partial charge on any atom is 0.0991 e. The Morgan fingerprint density at radius 1 is 0.962 bits per heavy atom. The number of benzene rings is 1. The molecule has 0 amide bonds. The van der Waals surface area contributed by atoms with Crippen LogP contribution in [0.2, 0.25) is 0 Å². The standard InChI is InChI=1S/C25H37N/c1-3-4-6-15-24(2)18-13-23(14-19-24)25(16-7-5-8-17-25)22-11-9-21(20-26)10-12-22/h9-12,23H,3-8,13-19H2,1-2H3. The van der Waals surface area contributed by atoms with Gasteiger partial charge in [0.05, 0.1) is 11.6 Å². The van der Waals surface area contributed by atoms with Crippen molar-refractivity contribution in [2.24, 2.45) is 11.3 Å². The molecule has 2 aliphatic carbocycles. The fourth-order valence-corrected chi connectivity index (χ4v) is 5.91. The molecule has 0 bridgehead atoms. The zero-order chi connectivity index (χ0) is 18.5. The van der Waals surface area contributed by atoms with Crippen LogP contribution in [0.4, 0.5) is 0 Å². The van der Waals surface area contributed by atoms with Gasteiger partial charge >= 0.3 is 0 Å². The van der Waals surface area contributed by atoms with E-state index in [0.29, 0.717) is 10.8 Å². The average molecular weight is 352 g/mol. The number of nitriles is 1. The molecule has 0 radical (unpaired) electrons. The molecule has 0 saturated heterocycles. The number of hydrogen-bond donors (Lipinski definition) is 0. The summed E-state index contributed by atoms with van der Waals surface area (Å²) in [5, 5.41) is 9.15. The molecule has 0 aromatic heterocycles. The lowest BCUT2D eigenvalue weighted by atomic mass is 9.55. The minimum atomic E-state index is 0.386. The Labute approximate surface area is 161 Å². The Hall–Kier alpha value is -1.29. The number of hydrogen-bond acceptors (Lipinski definition) is 1. The first-order valence-electron chi connectivity index (χ1n) is 11.1. The minimum absolute atomic E-state index is 0.386. The van der Waals surface area contributed by atoms with Gasteiger partial charge in [-0.15, -0.1) is 0 Å². The molecule has 2 fully saturated rings. The highest BCUT2D eigenvalue weighted by Gasteiger charge is 2.44. The Balaban J connectivity index is 1.74. The zero-order valence-electron chi connectivity index (χ0n) is 17.0. The van der Waals surface area contributed by atoms with Crippen LogP contribution in [0.25, 0.3) is 0 Å². The van der Waals surface area contributed by atoms with E-state index in [1.807, 2.05) is 12.1 Å². The summed E-state index contributed by atoms with van der Waals surface area (Å²) >= 11 is 0. The normalized spacial score (nSPS) is 28.4. The molecule has 0 atom stereocenters. The molecule has 1 aromatic carbocycles. The Morgan fingerprint density at radius 2 is 1.62 bits per heavy atom. The fourth-order valence-electron chi connectivity index (χ4n) is 5.91. The zero-order valence-corrected chi connectivity index (χ0v) is 17.0. The van der Waals surface area contributed by atoms with Crippen molar-refractivity contribution in [2.45, 2.75) is 103 Å². The first-order chi connectivity index (χ1) is 12.6. The Morgan fingerprint density at radius 3 is 2.19 bits per heavy atom. The van der Waals surface area contributed by atoms with Gasteiger partial charge in [0.2, 0.25) is 0 Å². The quantitative estimate of drug-likeness (QED) is 0.486. The highest BCUT2D eigenvalue weighted by molar-refractivity contribution is 5.36. The third-order valence-corrected chi connectivity index (χ3v) is 7.69. The van der Waals surface area contributed by atoms with Gasteiger partial charge in [-0.25, -0.2) is 0 Å². The van der Waals surface area contributed by atoms with Crippen LogP contribution < -0.4 is 0 Å². The van der Waals surface area contributed by atoms with Gasteiger partial charge in [0, 0.05) is 0 Å². The number of rotatable bonds is 6. The van der Waals surface area contributed by atoms with E-state index in [4.69, 9.17) is 5.26 Å². The van der Waals surface area contributed by atoms with Gasteiger partial charge < -0.3 is 0 Å². The van der Waals surface area contributed by atoms with E-state index in [-0.39, 0.29) is 0 Å². The van der Waals surface area contributed by atoms with Gasteiger partial charge in [0.25, 0.3) is 0 Å². The summed E-state index contributed by atoms with van der Waals surface area (Å²) in [7, 11) is 0. The third kappa shape index (κ3) is 4.16. The van der Waals surface area contributed by atoms with Crippen LogP contribution in [-0.2, 0) is 5.41 Å². The van der Waals surface area contributed by atoms with Crippen molar-refractivity contribution in [2.75, 3.05) is 0 Å². The van der Waals surface area contributed by atoms with Gasteiger partial charge in [-0.3, -0.25) is 0 Å². The second kappa shape index (κ2) is 8.60. The molecule has 0 N–H and O–H groups in total. The molecule has 0 unspecified atom stereocenters. The summed E-state index contributed by atoms with van der Waals surface area (Å²) in [6, 6.07) is 10.9. The monoisotopic (exact) mass is 351 g/mol. The van der Waals surface area contributed by atoms with Gasteiger partial charge in [-0.2, -0.15) is 5.26 Å². The number of nitrogens with zero attached hydrogens (tertiary/aromatic N) is 1. The molecule has 0 heterocycles. The summed E-state index contributed by atoms with van der Waals surface area (Å²) in [6.07, 6.45) is 18.1. The summed E-state index contributed by atoms with van der Waals surface area (Å²) in [5.74, 6) is 0.843. The van der Waals surface area contributed by atoms with E-state index in [1.54, 1.807) is 0 Å². The number of unbranched alkanes of at least 4 members (excludes halogenated alkanes) is 2. The highest BCUT2D eigenvalue weighted by Crippen LogP contribution is 2.53. The maximum absolute atomic E-state index is 9.15. The van der Waals surface area contributed by atoms with Crippen molar-refractivity contribution in [1.29, 1.82) is 5.26 Å². The van der Waals surface area contributed by atoms with Gasteiger partial charge in [-0.05, 0) is 79.4 Å². The largest absolute Gasteiger partial charge is 0.192 e. The van der Waals surface area contributed by atoms with E-state index in [9.17, 15) is 0 Å².